The molecule has 1 aromatic rings. The summed E-state index contributed by atoms with van der Waals surface area (Å²) < 4.78 is 5.26. The number of hydrogen-bond acceptors (Lipinski definition) is 5. The molecule has 0 spiro atoms. The van der Waals surface area contributed by atoms with Crippen molar-refractivity contribution in [2.75, 3.05) is 27.2 Å². The maximum atomic E-state index is 11.3. The second-order valence-corrected chi connectivity index (χ2v) is 4.82. The number of hydrogen-bond donors (Lipinski definition) is 1. The van der Waals surface area contributed by atoms with Crippen LogP contribution in [0, 0.1) is 10.1 Å². The lowest BCUT2D eigenvalue weighted by Crippen LogP contribution is -2.23. The van der Waals surface area contributed by atoms with Crippen LogP contribution in [-0.2, 0) is 0 Å². The highest BCUT2D eigenvalue weighted by Gasteiger charge is 2.22. The van der Waals surface area contributed by atoms with E-state index in [2.05, 4.69) is 9.89 Å². The van der Waals surface area contributed by atoms with Crippen LogP contribution in [0.4, 0.5) is 11.4 Å². The number of benzene rings is 1. The van der Waals surface area contributed by atoms with Crippen molar-refractivity contribution in [1.82, 2.24) is 4.90 Å². The van der Waals surface area contributed by atoms with E-state index < -0.39 is 4.92 Å². The fraction of sp³-hybridized carbons (Fsp3) is 0.357. The summed E-state index contributed by atoms with van der Waals surface area (Å²) in [7, 11) is 3.52. The highest BCUT2D eigenvalue weighted by atomic mass is 16.6. The molecule has 1 heterocycles. The zero-order valence-electron chi connectivity index (χ0n) is 12.1. The lowest BCUT2D eigenvalue weighted by atomic mass is 9.97. The van der Waals surface area contributed by atoms with E-state index in [1.54, 1.807) is 6.07 Å². The Morgan fingerprint density at radius 2 is 2.29 bits per heavy atom. The van der Waals surface area contributed by atoms with Crippen molar-refractivity contribution in [3.63, 3.8) is 0 Å². The smallest absolute Gasteiger partial charge is 0.279 e. The van der Waals surface area contributed by atoms with Gasteiger partial charge in [-0.1, -0.05) is 6.08 Å². The minimum atomic E-state index is -0.399. The Hall–Kier alpha value is -2.41. The summed E-state index contributed by atoms with van der Waals surface area (Å²) in [6, 6.07) is 3.06. The van der Waals surface area contributed by atoms with E-state index in [1.165, 1.54) is 13.2 Å². The molecule has 0 unspecified atom stereocenters. The molecule has 112 valence electrons. The van der Waals surface area contributed by atoms with Crippen LogP contribution in [0.15, 0.2) is 23.2 Å². The summed E-state index contributed by atoms with van der Waals surface area (Å²) >= 11 is 0. The molecule has 0 atom stereocenters. The number of nitrogens with zero attached hydrogens (tertiary/aromatic N) is 3. The van der Waals surface area contributed by atoms with Gasteiger partial charge in [0.15, 0.2) is 0 Å². The summed E-state index contributed by atoms with van der Waals surface area (Å²) in [5.74, 6) is 0.470. The third-order valence-corrected chi connectivity index (χ3v) is 3.47. The molecule has 1 aromatic carbocycles. The topological polar surface area (TPSA) is 94.0 Å². The van der Waals surface area contributed by atoms with Crippen molar-refractivity contribution in [3.05, 3.63) is 33.9 Å². The summed E-state index contributed by atoms with van der Waals surface area (Å²) in [4.78, 5) is 17.0. The first-order chi connectivity index (χ1) is 10.1. The Bertz CT molecular complexity index is 610. The molecule has 0 aromatic heterocycles. The molecule has 0 saturated heterocycles. The Balaban J connectivity index is 2.56. The van der Waals surface area contributed by atoms with Gasteiger partial charge < -0.3 is 15.4 Å². The molecule has 0 radical (unpaired) electrons. The van der Waals surface area contributed by atoms with Crippen LogP contribution in [-0.4, -0.2) is 43.4 Å². The summed E-state index contributed by atoms with van der Waals surface area (Å²) in [5.41, 5.74) is 7.19. The van der Waals surface area contributed by atoms with E-state index in [9.17, 15) is 10.1 Å². The first kappa shape index (κ1) is 15.0. The highest BCUT2D eigenvalue weighted by molar-refractivity contribution is 5.79. The zero-order chi connectivity index (χ0) is 15.4. The van der Waals surface area contributed by atoms with E-state index >= 15 is 0 Å². The monoisotopic (exact) mass is 290 g/mol. The van der Waals surface area contributed by atoms with Gasteiger partial charge in [-0.2, -0.15) is 0 Å². The number of ether oxygens (including phenoxy) is 1. The molecule has 7 heteroatoms. The Morgan fingerprint density at radius 3 is 2.81 bits per heavy atom. The molecule has 0 saturated carbocycles. The lowest BCUT2D eigenvalue weighted by Gasteiger charge is -2.22. The fourth-order valence-corrected chi connectivity index (χ4v) is 2.33. The molecule has 0 fully saturated rings. The molecule has 7 nitrogen and oxygen atoms in total. The van der Waals surface area contributed by atoms with Crippen LogP contribution >= 0.6 is 0 Å². The van der Waals surface area contributed by atoms with Gasteiger partial charge in [-0.05, 0) is 25.1 Å². The van der Waals surface area contributed by atoms with Crippen LogP contribution in [0.3, 0.4) is 0 Å². The van der Waals surface area contributed by atoms with Crippen LogP contribution in [0.1, 0.15) is 12.0 Å². The number of aliphatic imine (C=N–C) groups is 1. The number of nitro groups is 1. The van der Waals surface area contributed by atoms with Crippen molar-refractivity contribution in [1.29, 1.82) is 0 Å². The minimum Gasteiger partial charge on any atom is -0.494 e. The first-order valence-corrected chi connectivity index (χ1v) is 6.55. The molecule has 0 amide bonds. The number of nitrogens with two attached hydrogens (primary N) is 1. The van der Waals surface area contributed by atoms with E-state index in [-0.39, 0.29) is 5.69 Å². The third-order valence-electron chi connectivity index (χ3n) is 3.47. The maximum Gasteiger partial charge on any atom is 0.279 e. The number of methoxy groups -OCH3 is 1. The number of nitro benzene ring substituents is 1. The lowest BCUT2D eigenvalue weighted by molar-refractivity contribution is -0.385. The SMILES string of the molecule is COc1cc(C2=CCN(C)CC2)c([N+](=O)[O-])cc1N=CN. The molecular weight excluding hydrogens is 272 g/mol. The van der Waals surface area contributed by atoms with E-state index in [0.717, 1.165) is 31.4 Å². The Morgan fingerprint density at radius 1 is 1.52 bits per heavy atom. The Kier molecular flexibility index (Phi) is 4.54. The number of rotatable bonds is 4. The molecular formula is C14H18N4O3. The van der Waals surface area contributed by atoms with Gasteiger partial charge >= 0.3 is 0 Å². The predicted molar refractivity (Wildman–Crippen MR) is 82.1 cm³/mol. The molecule has 1 aliphatic rings. The molecule has 1 aliphatic heterocycles. The van der Waals surface area contributed by atoms with Gasteiger partial charge in [-0.15, -0.1) is 0 Å². The van der Waals surface area contributed by atoms with Crippen molar-refractivity contribution in [3.8, 4) is 5.75 Å². The van der Waals surface area contributed by atoms with Crippen molar-refractivity contribution < 1.29 is 9.66 Å². The van der Waals surface area contributed by atoms with Crippen LogP contribution in [0.5, 0.6) is 5.75 Å². The van der Waals surface area contributed by atoms with Crippen LogP contribution < -0.4 is 10.5 Å². The standard InChI is InChI=1S/C14H18N4O3/c1-17-5-3-10(4-6-17)11-7-14(21-2)12(16-9-15)8-13(11)18(19)20/h3,7-9H,4-6H2,1-2H3,(H2,15,16). The van der Waals surface area contributed by atoms with Gasteiger partial charge in [0.05, 0.1) is 23.9 Å². The average Bonchev–Trinajstić information content (AvgIpc) is 2.48. The second-order valence-electron chi connectivity index (χ2n) is 4.82. The van der Waals surface area contributed by atoms with Gasteiger partial charge in [0.25, 0.3) is 5.69 Å². The summed E-state index contributed by atoms with van der Waals surface area (Å²) in [6.45, 7) is 1.64. The minimum absolute atomic E-state index is 0.0206. The van der Waals surface area contributed by atoms with Crippen molar-refractivity contribution in [2.24, 2.45) is 10.7 Å². The van der Waals surface area contributed by atoms with Gasteiger partial charge in [0.1, 0.15) is 11.4 Å². The molecule has 0 bridgehead atoms. The van der Waals surface area contributed by atoms with Crippen LogP contribution in [0.25, 0.3) is 5.57 Å². The van der Waals surface area contributed by atoms with Gasteiger partial charge in [0.2, 0.25) is 0 Å². The van der Waals surface area contributed by atoms with E-state index in [4.69, 9.17) is 10.5 Å². The van der Waals surface area contributed by atoms with Crippen molar-refractivity contribution in [2.45, 2.75) is 6.42 Å². The zero-order valence-corrected chi connectivity index (χ0v) is 12.1. The normalized spacial score (nSPS) is 16.0. The fourth-order valence-electron chi connectivity index (χ4n) is 2.33. The van der Waals surface area contributed by atoms with E-state index in [1.807, 2.05) is 13.1 Å². The maximum absolute atomic E-state index is 11.3. The second kappa shape index (κ2) is 6.36. The van der Waals surface area contributed by atoms with Crippen molar-refractivity contribution >= 4 is 23.3 Å². The van der Waals surface area contributed by atoms with Gasteiger partial charge in [-0.3, -0.25) is 10.1 Å². The highest BCUT2D eigenvalue weighted by Crippen LogP contribution is 2.39. The predicted octanol–water partition coefficient (Wildman–Crippen LogP) is 1.94. The van der Waals surface area contributed by atoms with Gasteiger partial charge in [-0.25, -0.2) is 4.99 Å². The molecule has 21 heavy (non-hydrogen) atoms. The quantitative estimate of drug-likeness (QED) is 0.396. The molecule has 2 N–H and O–H groups in total. The average molecular weight is 290 g/mol. The van der Waals surface area contributed by atoms with Gasteiger partial charge in [0, 0.05) is 19.2 Å². The number of likely N-dealkylation sites (N-methyl/N-ethyl adjacent to an activating group) is 1. The summed E-state index contributed by atoms with van der Waals surface area (Å²) in [5, 5.41) is 11.3. The molecule has 0 aliphatic carbocycles. The largest absolute Gasteiger partial charge is 0.494 e. The third kappa shape index (κ3) is 3.19. The Labute approximate surface area is 122 Å². The first-order valence-electron chi connectivity index (χ1n) is 6.55. The van der Waals surface area contributed by atoms with E-state index in [0.29, 0.717) is 17.0 Å². The molecule has 2 rings (SSSR count). The summed E-state index contributed by atoms with van der Waals surface area (Å²) in [6.07, 6.45) is 3.87. The van der Waals surface area contributed by atoms with Crippen LogP contribution in [0.2, 0.25) is 0 Å².